The number of rotatable bonds is 6. The van der Waals surface area contributed by atoms with Gasteiger partial charge in [0, 0.05) is 23.8 Å². The Balaban J connectivity index is 1.96. The molecule has 0 saturated carbocycles. The lowest BCUT2D eigenvalue weighted by atomic mass is 9.93. The number of nitrogens with one attached hydrogen (secondary N) is 1. The van der Waals surface area contributed by atoms with Gasteiger partial charge in [0.1, 0.15) is 0 Å². The highest BCUT2D eigenvalue weighted by Crippen LogP contribution is 2.48. The van der Waals surface area contributed by atoms with Crippen LogP contribution in [-0.4, -0.2) is 40.7 Å². The standard InChI is InChI=1S/C21H17ClN4O5S/c1-26-12-23-10-14(26)11-24-20(29)21(32(30,31)15-5-3-2-4-6-15)16-9-13(22)7-8-17(16)25-18(21)19(27)28/h2-10,12H,11H2,1H3,(H,24,29)(H,27,28). The molecule has 0 radical (unpaired) electrons. The molecule has 1 aliphatic heterocycles. The molecular weight excluding hydrogens is 456 g/mol. The number of benzene rings is 2. The number of imidazole rings is 1. The molecule has 1 aromatic heterocycles. The summed E-state index contributed by atoms with van der Waals surface area (Å²) in [6.45, 7) is -0.0792. The number of aliphatic carboxylic acids is 1. The lowest BCUT2D eigenvalue weighted by molar-refractivity contribution is -0.131. The normalized spacial score (nSPS) is 17.5. The molecule has 4 rings (SSSR count). The van der Waals surface area contributed by atoms with E-state index in [1.807, 2.05) is 0 Å². The number of hydrogen-bond donors (Lipinski definition) is 2. The molecule has 11 heteroatoms. The summed E-state index contributed by atoms with van der Waals surface area (Å²) >= 11 is 6.12. The minimum Gasteiger partial charge on any atom is -0.477 e. The van der Waals surface area contributed by atoms with Crippen LogP contribution in [0.3, 0.4) is 0 Å². The molecule has 2 aromatic carbocycles. The Morgan fingerprint density at radius 1 is 1.19 bits per heavy atom. The smallest absolute Gasteiger partial charge is 0.352 e. The number of carbonyl (C=O) groups excluding carboxylic acids is 1. The van der Waals surface area contributed by atoms with Crippen LogP contribution < -0.4 is 5.32 Å². The molecular formula is C21H17ClN4O5S. The second kappa shape index (κ2) is 7.88. The molecule has 0 aliphatic carbocycles. The highest BCUT2D eigenvalue weighted by Gasteiger charge is 2.62. The highest BCUT2D eigenvalue weighted by molar-refractivity contribution is 7.94. The van der Waals surface area contributed by atoms with Crippen molar-refractivity contribution in [2.24, 2.45) is 12.0 Å². The first-order valence-electron chi connectivity index (χ1n) is 9.35. The molecule has 9 nitrogen and oxygen atoms in total. The van der Waals surface area contributed by atoms with Crippen molar-refractivity contribution in [3.63, 3.8) is 0 Å². The fourth-order valence-electron chi connectivity index (χ4n) is 3.66. The van der Waals surface area contributed by atoms with Crippen LogP contribution in [0.1, 0.15) is 11.3 Å². The number of amides is 1. The summed E-state index contributed by atoms with van der Waals surface area (Å²) in [5, 5.41) is 12.6. The van der Waals surface area contributed by atoms with Gasteiger partial charge in [-0.15, -0.1) is 0 Å². The first-order valence-corrected chi connectivity index (χ1v) is 11.2. The summed E-state index contributed by atoms with van der Waals surface area (Å²) in [6, 6.07) is 11.3. The van der Waals surface area contributed by atoms with E-state index in [0.29, 0.717) is 5.69 Å². The summed E-state index contributed by atoms with van der Waals surface area (Å²) in [5.41, 5.74) is -0.305. The van der Waals surface area contributed by atoms with Crippen molar-refractivity contribution in [1.29, 1.82) is 0 Å². The van der Waals surface area contributed by atoms with Crippen LogP contribution in [-0.2, 0) is 37.8 Å². The second-order valence-corrected chi connectivity index (χ2v) is 9.63. The molecule has 1 aliphatic rings. The number of aryl methyl sites for hydroxylation is 1. The number of sulfone groups is 1. The third-order valence-corrected chi connectivity index (χ3v) is 7.76. The molecule has 0 spiro atoms. The maximum Gasteiger partial charge on any atom is 0.352 e. The number of aliphatic imine (C=N–C) groups is 1. The monoisotopic (exact) mass is 472 g/mol. The van der Waals surface area contributed by atoms with Crippen molar-refractivity contribution in [2.75, 3.05) is 0 Å². The molecule has 164 valence electrons. The summed E-state index contributed by atoms with van der Waals surface area (Å²) in [7, 11) is -2.92. The number of aromatic nitrogens is 2. The predicted octanol–water partition coefficient (Wildman–Crippen LogP) is 2.23. The number of halogens is 1. The van der Waals surface area contributed by atoms with E-state index >= 15 is 0 Å². The van der Waals surface area contributed by atoms with Gasteiger partial charge in [0.15, 0.2) is 5.71 Å². The van der Waals surface area contributed by atoms with Gasteiger partial charge < -0.3 is 15.0 Å². The number of nitrogens with zero attached hydrogens (tertiary/aromatic N) is 3. The minimum atomic E-state index is -4.63. The predicted molar refractivity (Wildman–Crippen MR) is 117 cm³/mol. The number of carboxylic acids is 1. The zero-order valence-corrected chi connectivity index (χ0v) is 18.3. The molecule has 1 amide bonds. The summed E-state index contributed by atoms with van der Waals surface area (Å²) < 4.78 is 26.9. The Hall–Kier alpha value is -3.50. The van der Waals surface area contributed by atoms with Gasteiger partial charge in [-0.3, -0.25) is 4.79 Å². The van der Waals surface area contributed by atoms with Gasteiger partial charge >= 0.3 is 5.97 Å². The first-order chi connectivity index (χ1) is 15.2. The number of carbonyl (C=O) groups is 2. The van der Waals surface area contributed by atoms with Crippen molar-refractivity contribution in [1.82, 2.24) is 14.9 Å². The molecule has 1 unspecified atom stereocenters. The van der Waals surface area contributed by atoms with E-state index in [9.17, 15) is 23.1 Å². The molecule has 2 heterocycles. The Bertz CT molecular complexity index is 1370. The average Bonchev–Trinajstić information content (AvgIpc) is 3.34. The number of fused-ring (bicyclic) bond motifs is 1. The Morgan fingerprint density at radius 3 is 2.53 bits per heavy atom. The second-order valence-electron chi connectivity index (χ2n) is 7.10. The topological polar surface area (TPSA) is 131 Å². The lowest BCUT2D eigenvalue weighted by Gasteiger charge is -2.29. The van der Waals surface area contributed by atoms with Crippen molar-refractivity contribution in [3.8, 4) is 0 Å². The van der Waals surface area contributed by atoms with Crippen LogP contribution >= 0.6 is 11.6 Å². The van der Waals surface area contributed by atoms with Crippen LogP contribution in [0.2, 0.25) is 5.02 Å². The van der Waals surface area contributed by atoms with E-state index < -0.39 is 32.2 Å². The van der Waals surface area contributed by atoms with Crippen molar-refractivity contribution < 1.29 is 23.1 Å². The summed E-state index contributed by atoms with van der Waals surface area (Å²) in [4.78, 5) is 33.7. The first kappa shape index (κ1) is 21.7. The van der Waals surface area contributed by atoms with E-state index in [1.54, 1.807) is 17.7 Å². The van der Waals surface area contributed by atoms with Gasteiger partial charge in [-0.05, 0) is 30.3 Å². The lowest BCUT2D eigenvalue weighted by Crippen LogP contribution is -2.56. The summed E-state index contributed by atoms with van der Waals surface area (Å²) in [5.74, 6) is -2.68. The van der Waals surface area contributed by atoms with Crippen LogP contribution in [0.5, 0.6) is 0 Å². The number of carboxylic acid groups (broad SMARTS) is 1. The van der Waals surface area contributed by atoms with E-state index in [4.69, 9.17) is 11.6 Å². The van der Waals surface area contributed by atoms with Gasteiger partial charge in [0.2, 0.25) is 14.6 Å². The highest BCUT2D eigenvalue weighted by atomic mass is 35.5. The van der Waals surface area contributed by atoms with Crippen molar-refractivity contribution in [2.45, 2.75) is 16.2 Å². The maximum absolute atomic E-state index is 13.9. The van der Waals surface area contributed by atoms with Crippen LogP contribution in [0.25, 0.3) is 0 Å². The Labute approximate surface area is 188 Å². The largest absolute Gasteiger partial charge is 0.477 e. The van der Waals surface area contributed by atoms with E-state index in [-0.39, 0.29) is 27.7 Å². The average molecular weight is 473 g/mol. The van der Waals surface area contributed by atoms with Gasteiger partial charge in [0.25, 0.3) is 5.91 Å². The fourth-order valence-corrected chi connectivity index (χ4v) is 5.86. The van der Waals surface area contributed by atoms with E-state index in [2.05, 4.69) is 15.3 Å². The van der Waals surface area contributed by atoms with Gasteiger partial charge in [-0.1, -0.05) is 29.8 Å². The molecule has 2 N–H and O–H groups in total. The summed E-state index contributed by atoms with van der Waals surface area (Å²) in [6.07, 6.45) is 3.02. The van der Waals surface area contributed by atoms with Crippen LogP contribution in [0, 0.1) is 0 Å². The zero-order valence-electron chi connectivity index (χ0n) is 16.7. The van der Waals surface area contributed by atoms with Gasteiger partial charge in [-0.2, -0.15) is 0 Å². The third-order valence-electron chi connectivity index (χ3n) is 5.23. The number of hydrogen-bond acceptors (Lipinski definition) is 6. The van der Waals surface area contributed by atoms with Crippen LogP contribution in [0.4, 0.5) is 5.69 Å². The van der Waals surface area contributed by atoms with Crippen LogP contribution in [0.15, 0.2) is 70.9 Å². The quantitative estimate of drug-likeness (QED) is 0.565. The maximum atomic E-state index is 13.9. The Morgan fingerprint density at radius 2 is 1.91 bits per heavy atom. The van der Waals surface area contributed by atoms with E-state index in [0.717, 1.165) is 0 Å². The Kier molecular flexibility index (Phi) is 5.35. The molecule has 0 bridgehead atoms. The van der Waals surface area contributed by atoms with Crippen molar-refractivity contribution in [3.05, 3.63) is 77.3 Å². The molecule has 1 atom stereocenters. The third kappa shape index (κ3) is 3.19. The molecule has 0 saturated heterocycles. The van der Waals surface area contributed by atoms with Crippen molar-refractivity contribution >= 4 is 44.7 Å². The molecule has 3 aromatic rings. The molecule has 32 heavy (non-hydrogen) atoms. The fraction of sp³-hybridized carbons (Fsp3) is 0.143. The zero-order chi connectivity index (χ0) is 23.1. The van der Waals surface area contributed by atoms with Gasteiger partial charge in [0.05, 0.1) is 29.1 Å². The molecule has 0 fully saturated rings. The van der Waals surface area contributed by atoms with E-state index in [1.165, 1.54) is 55.0 Å². The van der Waals surface area contributed by atoms with Gasteiger partial charge in [-0.25, -0.2) is 23.2 Å². The minimum absolute atomic E-state index is 0.0435. The SMILES string of the molecule is Cn1cncc1CNC(=O)C1(S(=O)(=O)c2ccccc2)C(C(=O)O)=Nc2ccc(Cl)cc21.